The van der Waals surface area contributed by atoms with Crippen LogP contribution in [0.4, 0.5) is 5.69 Å². The van der Waals surface area contributed by atoms with Gasteiger partial charge in [-0.15, -0.1) is 0 Å². The van der Waals surface area contributed by atoms with E-state index in [0.29, 0.717) is 13.1 Å². The van der Waals surface area contributed by atoms with Crippen molar-refractivity contribution in [3.8, 4) is 0 Å². The van der Waals surface area contributed by atoms with Crippen molar-refractivity contribution in [2.45, 2.75) is 4.90 Å². The summed E-state index contributed by atoms with van der Waals surface area (Å²) in [6, 6.07) is 16.5. The highest BCUT2D eigenvalue weighted by Crippen LogP contribution is 2.16. The summed E-state index contributed by atoms with van der Waals surface area (Å²) in [7, 11) is -1.53. The first kappa shape index (κ1) is 16.0. The van der Waals surface area contributed by atoms with Crippen LogP contribution in [-0.4, -0.2) is 28.6 Å². The lowest BCUT2D eigenvalue weighted by atomic mass is 10.3. The van der Waals surface area contributed by atoms with Crippen molar-refractivity contribution in [3.63, 3.8) is 0 Å². The third-order valence-electron chi connectivity index (χ3n) is 3.04. The zero-order chi connectivity index (χ0) is 15.3. The highest BCUT2D eigenvalue weighted by atomic mass is 79.9. The minimum atomic E-state index is -3.47. The van der Waals surface area contributed by atoms with Crippen LogP contribution in [0.15, 0.2) is 64.0 Å². The van der Waals surface area contributed by atoms with Gasteiger partial charge in [-0.1, -0.05) is 40.2 Å². The molecule has 0 aromatic heterocycles. The molecule has 0 spiro atoms. The smallest absolute Gasteiger partial charge is 0.240 e. The first-order valence-corrected chi connectivity index (χ1v) is 8.78. The van der Waals surface area contributed by atoms with Gasteiger partial charge in [-0.2, -0.15) is 0 Å². The molecule has 0 aliphatic heterocycles. The third kappa shape index (κ3) is 4.56. The van der Waals surface area contributed by atoms with Gasteiger partial charge in [0, 0.05) is 30.3 Å². The van der Waals surface area contributed by atoms with Gasteiger partial charge in [-0.05, 0) is 30.3 Å². The number of halogens is 1. The van der Waals surface area contributed by atoms with Crippen molar-refractivity contribution < 1.29 is 8.42 Å². The molecule has 112 valence electrons. The van der Waals surface area contributed by atoms with Gasteiger partial charge in [0.2, 0.25) is 10.0 Å². The molecular weight excluding hydrogens is 352 g/mol. The molecule has 2 aromatic rings. The fraction of sp³-hybridized carbons (Fsp3) is 0.200. The summed E-state index contributed by atoms with van der Waals surface area (Å²) in [6.07, 6.45) is 0. The summed E-state index contributed by atoms with van der Waals surface area (Å²) in [5.74, 6) is 0. The van der Waals surface area contributed by atoms with Gasteiger partial charge < -0.3 is 4.90 Å². The molecule has 21 heavy (non-hydrogen) atoms. The lowest BCUT2D eigenvalue weighted by Gasteiger charge is -2.19. The van der Waals surface area contributed by atoms with E-state index in [9.17, 15) is 8.42 Å². The second kappa shape index (κ2) is 7.06. The second-order valence-corrected chi connectivity index (χ2v) is 7.29. The molecule has 0 radical (unpaired) electrons. The maximum absolute atomic E-state index is 12.2. The Hall–Kier alpha value is -1.37. The van der Waals surface area contributed by atoms with Gasteiger partial charge in [0.05, 0.1) is 4.90 Å². The molecule has 0 saturated carbocycles. The fourth-order valence-corrected chi connectivity index (χ4v) is 3.49. The predicted octanol–water partition coefficient (Wildman–Crippen LogP) is 2.86. The van der Waals surface area contributed by atoms with Crippen LogP contribution in [-0.2, 0) is 10.0 Å². The monoisotopic (exact) mass is 368 g/mol. The van der Waals surface area contributed by atoms with Gasteiger partial charge >= 0.3 is 0 Å². The summed E-state index contributed by atoms with van der Waals surface area (Å²) >= 11 is 3.28. The summed E-state index contributed by atoms with van der Waals surface area (Å²) in [4.78, 5) is 2.27. The Kier molecular flexibility index (Phi) is 5.39. The van der Waals surface area contributed by atoms with E-state index in [2.05, 4.69) is 20.7 Å². The summed E-state index contributed by atoms with van der Waals surface area (Å²) in [6.45, 7) is 0.942. The average molecular weight is 369 g/mol. The SMILES string of the molecule is CN(CCNS(=O)(=O)c1cccc(Br)c1)c1ccccc1. The van der Waals surface area contributed by atoms with Crippen molar-refractivity contribution >= 4 is 31.6 Å². The summed E-state index contributed by atoms with van der Waals surface area (Å²) in [5, 5.41) is 0. The first-order chi connectivity index (χ1) is 9.99. The van der Waals surface area contributed by atoms with E-state index < -0.39 is 10.0 Å². The van der Waals surface area contributed by atoms with Gasteiger partial charge in [0.25, 0.3) is 0 Å². The van der Waals surface area contributed by atoms with E-state index in [0.717, 1.165) is 10.2 Å². The number of hydrogen-bond acceptors (Lipinski definition) is 3. The number of anilines is 1. The van der Waals surface area contributed by atoms with E-state index in [1.165, 1.54) is 0 Å². The molecule has 2 rings (SSSR count). The molecule has 0 fully saturated rings. The van der Waals surface area contributed by atoms with Gasteiger partial charge in [0.1, 0.15) is 0 Å². The molecule has 0 bridgehead atoms. The van der Waals surface area contributed by atoms with Gasteiger partial charge in [-0.25, -0.2) is 13.1 Å². The van der Waals surface area contributed by atoms with E-state index in [1.807, 2.05) is 42.3 Å². The number of hydrogen-bond donors (Lipinski definition) is 1. The highest BCUT2D eigenvalue weighted by molar-refractivity contribution is 9.10. The van der Waals surface area contributed by atoms with Crippen LogP contribution in [0.5, 0.6) is 0 Å². The van der Waals surface area contributed by atoms with Crippen molar-refractivity contribution in [1.29, 1.82) is 0 Å². The quantitative estimate of drug-likeness (QED) is 0.852. The van der Waals surface area contributed by atoms with Crippen LogP contribution in [0.3, 0.4) is 0 Å². The molecule has 0 atom stereocenters. The standard InChI is InChI=1S/C15H17BrN2O2S/c1-18(14-7-3-2-4-8-14)11-10-17-21(19,20)15-9-5-6-13(16)12-15/h2-9,12,17H,10-11H2,1H3. The maximum atomic E-state index is 12.2. The van der Waals surface area contributed by atoms with Gasteiger partial charge in [0.15, 0.2) is 0 Å². The zero-order valence-corrected chi connectivity index (χ0v) is 14.1. The van der Waals surface area contributed by atoms with E-state index in [4.69, 9.17) is 0 Å². The Bertz CT molecular complexity index is 690. The van der Waals surface area contributed by atoms with Crippen molar-refractivity contribution in [3.05, 3.63) is 59.1 Å². The molecule has 0 aliphatic carbocycles. The van der Waals surface area contributed by atoms with Crippen LogP contribution >= 0.6 is 15.9 Å². The number of nitrogens with zero attached hydrogens (tertiary/aromatic N) is 1. The number of sulfonamides is 1. The Labute approximate surface area is 134 Å². The summed E-state index contributed by atoms with van der Waals surface area (Å²) < 4.78 is 27.7. The molecule has 0 aliphatic rings. The van der Waals surface area contributed by atoms with Crippen molar-refractivity contribution in [2.75, 3.05) is 25.0 Å². The lowest BCUT2D eigenvalue weighted by Crippen LogP contribution is -2.33. The van der Waals surface area contributed by atoms with Gasteiger partial charge in [-0.3, -0.25) is 0 Å². The Balaban J connectivity index is 1.94. The molecule has 0 heterocycles. The highest BCUT2D eigenvalue weighted by Gasteiger charge is 2.13. The molecule has 4 nitrogen and oxygen atoms in total. The fourth-order valence-electron chi connectivity index (χ4n) is 1.88. The zero-order valence-electron chi connectivity index (χ0n) is 11.7. The predicted molar refractivity (Wildman–Crippen MR) is 89.0 cm³/mol. The molecule has 1 N–H and O–H groups in total. The maximum Gasteiger partial charge on any atom is 0.240 e. The number of benzene rings is 2. The molecule has 0 amide bonds. The number of nitrogens with one attached hydrogen (secondary N) is 1. The van der Waals surface area contributed by atoms with E-state index >= 15 is 0 Å². The normalized spacial score (nSPS) is 11.3. The average Bonchev–Trinajstić information content (AvgIpc) is 2.48. The topological polar surface area (TPSA) is 49.4 Å². The lowest BCUT2D eigenvalue weighted by molar-refractivity contribution is 0.581. The largest absolute Gasteiger partial charge is 0.373 e. The van der Waals surface area contributed by atoms with Crippen molar-refractivity contribution in [1.82, 2.24) is 4.72 Å². The van der Waals surface area contributed by atoms with Crippen LogP contribution in [0.2, 0.25) is 0 Å². The Morgan fingerprint density at radius 1 is 1.10 bits per heavy atom. The van der Waals surface area contributed by atoms with Crippen LogP contribution in [0.25, 0.3) is 0 Å². The molecular formula is C15H17BrN2O2S. The summed E-state index contributed by atoms with van der Waals surface area (Å²) in [5.41, 5.74) is 1.05. The number of para-hydroxylation sites is 1. The number of rotatable bonds is 6. The molecule has 0 unspecified atom stereocenters. The molecule has 6 heteroatoms. The minimum Gasteiger partial charge on any atom is -0.373 e. The Morgan fingerprint density at radius 2 is 1.81 bits per heavy atom. The van der Waals surface area contributed by atoms with Crippen molar-refractivity contribution in [2.24, 2.45) is 0 Å². The Morgan fingerprint density at radius 3 is 2.48 bits per heavy atom. The van der Waals surface area contributed by atoms with E-state index in [1.54, 1.807) is 24.3 Å². The minimum absolute atomic E-state index is 0.263. The van der Waals surface area contributed by atoms with Crippen LogP contribution in [0, 0.1) is 0 Å². The third-order valence-corrected chi connectivity index (χ3v) is 4.99. The number of likely N-dealkylation sites (N-methyl/N-ethyl adjacent to an activating group) is 1. The second-order valence-electron chi connectivity index (χ2n) is 4.61. The van der Waals surface area contributed by atoms with Crippen LogP contribution < -0.4 is 9.62 Å². The van der Waals surface area contributed by atoms with Crippen LogP contribution in [0.1, 0.15) is 0 Å². The molecule has 0 saturated heterocycles. The van der Waals surface area contributed by atoms with E-state index in [-0.39, 0.29) is 4.90 Å². The molecule has 2 aromatic carbocycles. The first-order valence-electron chi connectivity index (χ1n) is 6.50.